The molecule has 100 valence electrons. The number of hydrogen-bond donors (Lipinski definition) is 2. The van der Waals surface area contributed by atoms with Crippen molar-refractivity contribution in [2.24, 2.45) is 0 Å². The zero-order chi connectivity index (χ0) is 13.5. The van der Waals surface area contributed by atoms with Crippen LogP contribution in [0.15, 0.2) is 18.2 Å². The molecule has 0 saturated heterocycles. The summed E-state index contributed by atoms with van der Waals surface area (Å²) in [5.41, 5.74) is 1.29. The second-order valence-electron chi connectivity index (χ2n) is 3.84. The summed E-state index contributed by atoms with van der Waals surface area (Å²) in [6, 6.07) is 5.14. The highest BCUT2D eigenvalue weighted by Crippen LogP contribution is 2.27. The number of aryl methyl sites for hydroxylation is 1. The molecule has 2 N–H and O–H groups in total. The van der Waals surface area contributed by atoms with E-state index >= 15 is 0 Å². The number of carboxylic acid groups (broad SMARTS) is 1. The van der Waals surface area contributed by atoms with E-state index in [0.29, 0.717) is 18.2 Å². The van der Waals surface area contributed by atoms with Crippen molar-refractivity contribution in [3.05, 3.63) is 29.3 Å². The molecule has 0 aromatic heterocycles. The summed E-state index contributed by atoms with van der Waals surface area (Å²) in [4.78, 5) is 10.8. The Morgan fingerprint density at radius 2 is 2.22 bits per heavy atom. The molecule has 0 amide bonds. The second kappa shape index (κ2) is 7.24. The number of aliphatic hydroxyl groups is 1. The maximum absolute atomic E-state index is 10.8. The van der Waals surface area contributed by atoms with E-state index in [0.717, 1.165) is 18.4 Å². The van der Waals surface area contributed by atoms with Gasteiger partial charge in [0.2, 0.25) is 0 Å². The van der Waals surface area contributed by atoms with Gasteiger partial charge in [-0.3, -0.25) is 0 Å². The summed E-state index contributed by atoms with van der Waals surface area (Å²) < 4.78 is 5.37. The van der Waals surface area contributed by atoms with Crippen molar-refractivity contribution in [3.8, 4) is 5.75 Å². The van der Waals surface area contributed by atoms with Crippen LogP contribution in [-0.4, -0.2) is 28.7 Å². The summed E-state index contributed by atoms with van der Waals surface area (Å²) in [5.74, 6) is -0.298. The first-order valence-corrected chi connectivity index (χ1v) is 6.36. The minimum Gasteiger partial charge on any atom is -0.493 e. The topological polar surface area (TPSA) is 66.8 Å². The van der Waals surface area contributed by atoms with Gasteiger partial charge in [0.05, 0.1) is 6.61 Å². The van der Waals surface area contributed by atoms with E-state index in [9.17, 15) is 9.90 Å². The van der Waals surface area contributed by atoms with E-state index in [1.54, 1.807) is 18.2 Å². The molecule has 1 aromatic rings. The second-order valence-corrected chi connectivity index (χ2v) is 4.22. The predicted molar refractivity (Wildman–Crippen MR) is 69.2 cm³/mol. The lowest BCUT2D eigenvalue weighted by atomic mass is 10.0. The van der Waals surface area contributed by atoms with Crippen LogP contribution in [0.25, 0.3) is 0 Å². The van der Waals surface area contributed by atoms with Gasteiger partial charge >= 0.3 is 5.97 Å². The van der Waals surface area contributed by atoms with E-state index in [4.69, 9.17) is 21.4 Å². The first-order valence-electron chi connectivity index (χ1n) is 5.82. The smallest absolute Gasteiger partial charge is 0.337 e. The molecule has 0 bridgehead atoms. The van der Waals surface area contributed by atoms with Crippen molar-refractivity contribution in [3.63, 3.8) is 0 Å². The molecular weight excluding hydrogens is 256 g/mol. The number of aliphatic hydroxyl groups excluding tert-OH is 1. The Morgan fingerprint density at radius 3 is 2.78 bits per heavy atom. The molecule has 0 spiro atoms. The number of hydrogen-bond acceptors (Lipinski definition) is 3. The molecule has 1 rings (SSSR count). The Kier molecular flexibility index (Phi) is 5.95. The van der Waals surface area contributed by atoms with E-state index in [2.05, 4.69) is 0 Å². The Balaban J connectivity index is 2.99. The third-order valence-corrected chi connectivity index (χ3v) is 2.77. The van der Waals surface area contributed by atoms with Crippen LogP contribution in [0.3, 0.4) is 0 Å². The first-order chi connectivity index (χ1) is 8.60. The number of aliphatic carboxylic acids is 1. The van der Waals surface area contributed by atoms with Crippen molar-refractivity contribution in [2.75, 3.05) is 12.5 Å². The van der Waals surface area contributed by atoms with Crippen LogP contribution in [0.4, 0.5) is 0 Å². The third-order valence-electron chi connectivity index (χ3n) is 2.51. The summed E-state index contributed by atoms with van der Waals surface area (Å²) in [6.45, 7) is 2.22. The fourth-order valence-corrected chi connectivity index (χ4v) is 1.78. The SMILES string of the molecule is CCOc1cc(CCCCl)ccc1C(O)C(=O)O. The largest absolute Gasteiger partial charge is 0.493 e. The molecule has 0 saturated carbocycles. The summed E-state index contributed by atoms with van der Waals surface area (Å²) >= 11 is 5.63. The summed E-state index contributed by atoms with van der Waals surface area (Å²) in [5, 5.41) is 18.4. The van der Waals surface area contributed by atoms with Gasteiger partial charge in [-0.05, 0) is 31.4 Å². The average molecular weight is 273 g/mol. The molecule has 0 heterocycles. The van der Waals surface area contributed by atoms with E-state index in [-0.39, 0.29) is 5.56 Å². The van der Waals surface area contributed by atoms with E-state index in [1.165, 1.54) is 0 Å². The van der Waals surface area contributed by atoms with Crippen LogP contribution >= 0.6 is 11.6 Å². The number of carbonyl (C=O) groups is 1. The number of carboxylic acids is 1. The normalized spacial score (nSPS) is 12.2. The van der Waals surface area contributed by atoms with Gasteiger partial charge in [-0.1, -0.05) is 12.1 Å². The van der Waals surface area contributed by atoms with Gasteiger partial charge in [0.1, 0.15) is 5.75 Å². The highest BCUT2D eigenvalue weighted by molar-refractivity contribution is 6.17. The molecule has 0 radical (unpaired) electrons. The quantitative estimate of drug-likeness (QED) is 0.748. The molecule has 1 unspecified atom stereocenters. The molecule has 5 heteroatoms. The molecule has 0 fully saturated rings. The van der Waals surface area contributed by atoms with Gasteiger partial charge in [0, 0.05) is 11.4 Å². The van der Waals surface area contributed by atoms with Crippen LogP contribution in [-0.2, 0) is 11.2 Å². The average Bonchev–Trinajstić information content (AvgIpc) is 2.36. The maximum atomic E-state index is 10.8. The third kappa shape index (κ3) is 3.89. The van der Waals surface area contributed by atoms with Crippen molar-refractivity contribution in [1.82, 2.24) is 0 Å². The Bertz CT molecular complexity index is 406. The lowest BCUT2D eigenvalue weighted by Gasteiger charge is -2.14. The van der Waals surface area contributed by atoms with Crippen LogP contribution in [0.1, 0.15) is 30.6 Å². The Labute approximate surface area is 111 Å². The van der Waals surface area contributed by atoms with Crippen LogP contribution in [0, 0.1) is 0 Å². The minimum atomic E-state index is -1.56. The summed E-state index contributed by atoms with van der Waals surface area (Å²) in [6.07, 6.45) is 0.0784. The zero-order valence-electron chi connectivity index (χ0n) is 10.2. The number of halogens is 1. The predicted octanol–water partition coefficient (Wildman–Crippen LogP) is 2.37. The van der Waals surface area contributed by atoms with E-state index < -0.39 is 12.1 Å². The molecular formula is C13H17ClO4. The highest BCUT2D eigenvalue weighted by Gasteiger charge is 2.20. The van der Waals surface area contributed by atoms with Crippen molar-refractivity contribution in [2.45, 2.75) is 25.9 Å². The van der Waals surface area contributed by atoms with Crippen molar-refractivity contribution >= 4 is 17.6 Å². The standard InChI is InChI=1S/C13H17ClO4/c1-2-18-11-8-9(4-3-7-14)5-6-10(11)12(15)13(16)17/h5-6,8,12,15H,2-4,7H2,1H3,(H,16,17). The highest BCUT2D eigenvalue weighted by atomic mass is 35.5. The van der Waals surface area contributed by atoms with E-state index in [1.807, 2.05) is 6.92 Å². The number of ether oxygens (including phenoxy) is 1. The first kappa shape index (κ1) is 14.8. The number of rotatable bonds is 7. The van der Waals surface area contributed by atoms with Gasteiger partial charge in [0.15, 0.2) is 6.10 Å². The Morgan fingerprint density at radius 1 is 1.50 bits per heavy atom. The molecule has 18 heavy (non-hydrogen) atoms. The van der Waals surface area contributed by atoms with Crippen LogP contribution in [0.5, 0.6) is 5.75 Å². The van der Waals surface area contributed by atoms with Gasteiger partial charge < -0.3 is 14.9 Å². The van der Waals surface area contributed by atoms with Gasteiger partial charge in [0.25, 0.3) is 0 Å². The Hall–Kier alpha value is -1.26. The molecule has 4 nitrogen and oxygen atoms in total. The fourth-order valence-electron chi connectivity index (χ4n) is 1.64. The molecule has 1 atom stereocenters. The van der Waals surface area contributed by atoms with Crippen molar-refractivity contribution in [1.29, 1.82) is 0 Å². The maximum Gasteiger partial charge on any atom is 0.337 e. The number of alkyl halides is 1. The molecule has 0 aliphatic heterocycles. The zero-order valence-corrected chi connectivity index (χ0v) is 11.0. The summed E-state index contributed by atoms with van der Waals surface area (Å²) in [7, 11) is 0. The monoisotopic (exact) mass is 272 g/mol. The van der Waals surface area contributed by atoms with Crippen LogP contribution in [0.2, 0.25) is 0 Å². The fraction of sp³-hybridized carbons (Fsp3) is 0.462. The number of benzene rings is 1. The van der Waals surface area contributed by atoms with Crippen molar-refractivity contribution < 1.29 is 19.7 Å². The lowest BCUT2D eigenvalue weighted by Crippen LogP contribution is -2.12. The molecule has 0 aliphatic carbocycles. The lowest BCUT2D eigenvalue weighted by molar-refractivity contribution is -0.147. The van der Waals surface area contributed by atoms with Gasteiger partial charge in [-0.25, -0.2) is 4.79 Å². The minimum absolute atomic E-state index is 0.277. The van der Waals surface area contributed by atoms with Crippen LogP contribution < -0.4 is 4.74 Å². The van der Waals surface area contributed by atoms with Gasteiger partial charge in [-0.2, -0.15) is 0 Å². The van der Waals surface area contributed by atoms with Gasteiger partial charge in [-0.15, -0.1) is 11.6 Å². The molecule has 1 aromatic carbocycles. The molecule has 0 aliphatic rings.